The lowest BCUT2D eigenvalue weighted by atomic mass is 9.99. The molecular weight excluding hydrogens is 330 g/mol. The van der Waals surface area contributed by atoms with E-state index in [4.69, 9.17) is 4.74 Å². The van der Waals surface area contributed by atoms with Gasteiger partial charge in [0, 0.05) is 26.2 Å². The van der Waals surface area contributed by atoms with Crippen molar-refractivity contribution in [2.75, 3.05) is 45.8 Å². The first-order valence-electron chi connectivity index (χ1n) is 10.0. The summed E-state index contributed by atoms with van der Waals surface area (Å²) in [5.41, 5.74) is -0.472. The summed E-state index contributed by atoms with van der Waals surface area (Å²) in [4.78, 5) is 18.8. The minimum atomic E-state index is -0.472. The van der Waals surface area contributed by atoms with Crippen molar-refractivity contribution in [3.05, 3.63) is 0 Å². The second-order valence-corrected chi connectivity index (χ2v) is 7.99. The number of nitrogens with zero attached hydrogens (tertiary/aromatic N) is 2. The third-order valence-corrected chi connectivity index (χ3v) is 4.21. The molecule has 26 heavy (non-hydrogen) atoms. The van der Waals surface area contributed by atoms with Crippen LogP contribution in [0.25, 0.3) is 0 Å². The zero-order valence-corrected chi connectivity index (χ0v) is 17.4. The number of carbonyl (C=O) groups is 1. The van der Waals surface area contributed by atoms with Crippen LogP contribution in [-0.4, -0.2) is 68.4 Å². The molecule has 0 radical (unpaired) electrons. The first kappa shape index (κ1) is 22.5. The van der Waals surface area contributed by atoms with E-state index in [1.807, 2.05) is 27.7 Å². The zero-order valence-electron chi connectivity index (χ0n) is 17.4. The predicted molar refractivity (Wildman–Crippen MR) is 108 cm³/mol. The number of aliphatic imine (C=N–C) groups is 1. The number of hydrogen-bond acceptors (Lipinski definition) is 4. The third kappa shape index (κ3) is 11.2. The van der Waals surface area contributed by atoms with Crippen LogP contribution < -0.4 is 16.0 Å². The van der Waals surface area contributed by atoms with Crippen LogP contribution in [0.15, 0.2) is 4.99 Å². The lowest BCUT2D eigenvalue weighted by molar-refractivity contribution is 0.0529. The van der Waals surface area contributed by atoms with Crippen molar-refractivity contribution >= 4 is 12.1 Å². The Morgan fingerprint density at radius 1 is 1.15 bits per heavy atom. The maximum atomic E-state index is 11.6. The van der Waals surface area contributed by atoms with Gasteiger partial charge in [0.2, 0.25) is 0 Å². The van der Waals surface area contributed by atoms with Crippen molar-refractivity contribution in [3.63, 3.8) is 0 Å². The minimum Gasteiger partial charge on any atom is -0.444 e. The standard InChI is InChI=1S/C19H39N5O2/c1-6-20-17(22-11-12-23-18(25)26-19(3,4)5)21-10-7-13-24-14-8-16(2)9-15-24/h16H,6-15H2,1-5H3,(H,23,25)(H2,20,21,22). The largest absolute Gasteiger partial charge is 0.444 e. The van der Waals surface area contributed by atoms with E-state index in [2.05, 4.69) is 32.8 Å². The van der Waals surface area contributed by atoms with Gasteiger partial charge in [0.05, 0.1) is 0 Å². The second kappa shape index (κ2) is 12.0. The second-order valence-electron chi connectivity index (χ2n) is 7.99. The molecule has 1 heterocycles. The van der Waals surface area contributed by atoms with Crippen LogP contribution in [0.1, 0.15) is 53.9 Å². The summed E-state index contributed by atoms with van der Waals surface area (Å²) in [7, 11) is 0. The summed E-state index contributed by atoms with van der Waals surface area (Å²) >= 11 is 0. The Balaban J connectivity index is 2.19. The van der Waals surface area contributed by atoms with Gasteiger partial charge in [-0.05, 0) is 72.5 Å². The molecule has 0 aromatic heterocycles. The van der Waals surface area contributed by atoms with E-state index in [-0.39, 0.29) is 0 Å². The Kier molecular flexibility index (Phi) is 10.4. The zero-order chi connectivity index (χ0) is 19.4. The van der Waals surface area contributed by atoms with Crippen molar-refractivity contribution in [2.24, 2.45) is 10.9 Å². The lowest BCUT2D eigenvalue weighted by Crippen LogP contribution is -2.42. The van der Waals surface area contributed by atoms with Crippen molar-refractivity contribution in [1.29, 1.82) is 0 Å². The summed E-state index contributed by atoms with van der Waals surface area (Å²) in [5, 5.41) is 9.21. The number of guanidine groups is 1. The van der Waals surface area contributed by atoms with Crippen molar-refractivity contribution in [1.82, 2.24) is 20.9 Å². The van der Waals surface area contributed by atoms with Gasteiger partial charge in [-0.3, -0.25) is 4.99 Å². The van der Waals surface area contributed by atoms with E-state index < -0.39 is 11.7 Å². The molecule has 0 unspecified atom stereocenters. The molecule has 0 aliphatic carbocycles. The highest BCUT2D eigenvalue weighted by Crippen LogP contribution is 2.15. The van der Waals surface area contributed by atoms with Crippen molar-refractivity contribution in [2.45, 2.75) is 59.5 Å². The molecule has 1 aliphatic heterocycles. The Morgan fingerprint density at radius 3 is 2.42 bits per heavy atom. The Morgan fingerprint density at radius 2 is 1.81 bits per heavy atom. The van der Waals surface area contributed by atoms with Gasteiger partial charge in [-0.1, -0.05) is 6.92 Å². The normalized spacial score (nSPS) is 17.0. The first-order chi connectivity index (χ1) is 12.3. The molecule has 0 aromatic carbocycles. The molecule has 7 nitrogen and oxygen atoms in total. The summed E-state index contributed by atoms with van der Waals surface area (Å²) in [6.45, 7) is 16.2. The van der Waals surface area contributed by atoms with Gasteiger partial charge >= 0.3 is 6.09 Å². The minimum absolute atomic E-state index is 0.392. The number of nitrogens with one attached hydrogen (secondary N) is 3. The van der Waals surface area contributed by atoms with E-state index >= 15 is 0 Å². The van der Waals surface area contributed by atoms with Crippen LogP contribution in [0.5, 0.6) is 0 Å². The highest BCUT2D eigenvalue weighted by molar-refractivity contribution is 5.79. The number of piperidine rings is 1. The van der Waals surface area contributed by atoms with Gasteiger partial charge in [-0.25, -0.2) is 4.79 Å². The maximum absolute atomic E-state index is 11.6. The average molecular weight is 370 g/mol. The summed E-state index contributed by atoms with van der Waals surface area (Å²) in [6.07, 6.45) is 3.31. The molecule has 7 heteroatoms. The number of ether oxygens (including phenoxy) is 1. The van der Waals surface area contributed by atoms with Crippen molar-refractivity contribution in [3.8, 4) is 0 Å². The molecule has 0 atom stereocenters. The average Bonchev–Trinajstić information content (AvgIpc) is 2.55. The van der Waals surface area contributed by atoms with Gasteiger partial charge in [0.25, 0.3) is 0 Å². The highest BCUT2D eigenvalue weighted by Gasteiger charge is 2.16. The van der Waals surface area contributed by atoms with E-state index in [1.165, 1.54) is 25.9 Å². The molecule has 0 saturated carbocycles. The number of alkyl carbamates (subject to hydrolysis) is 1. The quantitative estimate of drug-likeness (QED) is 0.347. The number of rotatable bonds is 8. The molecule has 1 aliphatic rings. The summed E-state index contributed by atoms with van der Waals surface area (Å²) in [5.74, 6) is 1.67. The van der Waals surface area contributed by atoms with Crippen LogP contribution in [0.4, 0.5) is 4.79 Å². The number of carbonyl (C=O) groups excluding carboxylic acids is 1. The molecule has 0 bridgehead atoms. The van der Waals surface area contributed by atoms with E-state index in [9.17, 15) is 4.79 Å². The molecule has 152 valence electrons. The van der Waals surface area contributed by atoms with Gasteiger partial charge < -0.3 is 25.6 Å². The lowest BCUT2D eigenvalue weighted by Gasteiger charge is -2.29. The van der Waals surface area contributed by atoms with Crippen LogP contribution in [-0.2, 0) is 4.74 Å². The number of amides is 1. The molecule has 0 aromatic rings. The maximum Gasteiger partial charge on any atom is 0.407 e. The molecule has 3 N–H and O–H groups in total. The molecular formula is C19H39N5O2. The van der Waals surface area contributed by atoms with Crippen molar-refractivity contribution < 1.29 is 9.53 Å². The smallest absolute Gasteiger partial charge is 0.407 e. The fourth-order valence-electron chi connectivity index (χ4n) is 2.77. The Hall–Kier alpha value is -1.50. The molecule has 1 fully saturated rings. The molecule has 1 rings (SSSR count). The van der Waals surface area contributed by atoms with Crippen LogP contribution in [0.2, 0.25) is 0 Å². The van der Waals surface area contributed by atoms with Gasteiger partial charge in [-0.2, -0.15) is 0 Å². The van der Waals surface area contributed by atoms with Crippen LogP contribution in [0, 0.1) is 5.92 Å². The molecule has 0 spiro atoms. The van der Waals surface area contributed by atoms with Crippen LogP contribution in [0.3, 0.4) is 0 Å². The third-order valence-electron chi connectivity index (χ3n) is 4.21. The highest BCUT2D eigenvalue weighted by atomic mass is 16.6. The molecule has 1 amide bonds. The fraction of sp³-hybridized carbons (Fsp3) is 0.895. The predicted octanol–water partition coefficient (Wildman–Crippen LogP) is 2.19. The topological polar surface area (TPSA) is 78.0 Å². The van der Waals surface area contributed by atoms with E-state index in [1.54, 1.807) is 0 Å². The SMILES string of the molecule is CCNC(=NCCCN1CCC(C)CC1)NCCNC(=O)OC(C)(C)C. The Bertz CT molecular complexity index is 426. The van der Waals surface area contributed by atoms with E-state index in [0.717, 1.165) is 37.9 Å². The monoisotopic (exact) mass is 369 g/mol. The fourth-order valence-corrected chi connectivity index (χ4v) is 2.77. The molecule has 1 saturated heterocycles. The Labute approximate surface area is 159 Å². The van der Waals surface area contributed by atoms with Gasteiger partial charge in [0.15, 0.2) is 5.96 Å². The summed E-state index contributed by atoms with van der Waals surface area (Å²) < 4.78 is 5.21. The van der Waals surface area contributed by atoms with Crippen LogP contribution >= 0.6 is 0 Å². The van der Waals surface area contributed by atoms with Gasteiger partial charge in [-0.15, -0.1) is 0 Å². The van der Waals surface area contributed by atoms with E-state index in [0.29, 0.717) is 13.1 Å². The number of hydrogen-bond donors (Lipinski definition) is 3. The van der Waals surface area contributed by atoms with Gasteiger partial charge in [0.1, 0.15) is 5.60 Å². The summed E-state index contributed by atoms with van der Waals surface area (Å²) in [6, 6.07) is 0. The number of likely N-dealkylation sites (tertiary alicyclic amines) is 1. The first-order valence-corrected chi connectivity index (χ1v) is 10.0.